The molecule has 0 unspecified atom stereocenters. The minimum atomic E-state index is -0.523. The highest BCUT2D eigenvalue weighted by Gasteiger charge is 2.27. The Hall–Kier alpha value is -2.96. The first-order valence-corrected chi connectivity index (χ1v) is 10.7. The Morgan fingerprint density at radius 3 is 2.65 bits per heavy atom. The predicted octanol–water partition coefficient (Wildman–Crippen LogP) is 2.89. The third kappa shape index (κ3) is 5.60. The number of hydrogen-bond acceptors (Lipinski definition) is 5. The number of ether oxygens (including phenoxy) is 1. The Morgan fingerprint density at radius 2 is 1.94 bits per heavy atom. The fourth-order valence-electron chi connectivity index (χ4n) is 3.87. The maximum Gasteiger partial charge on any atom is 0.339 e. The summed E-state index contributed by atoms with van der Waals surface area (Å²) >= 11 is 0. The van der Waals surface area contributed by atoms with Crippen LogP contribution in [0.5, 0.6) is 0 Å². The number of aryl methyl sites for hydroxylation is 1. The van der Waals surface area contributed by atoms with Gasteiger partial charge in [-0.1, -0.05) is 25.1 Å². The molecule has 1 heterocycles. The number of amides is 2. The Kier molecular flexibility index (Phi) is 6.62. The molecule has 1 atom stereocenters. The van der Waals surface area contributed by atoms with Crippen LogP contribution in [0.2, 0.25) is 0 Å². The van der Waals surface area contributed by atoms with Crippen LogP contribution in [-0.2, 0) is 27.2 Å². The molecule has 0 bridgehead atoms. The summed E-state index contributed by atoms with van der Waals surface area (Å²) < 4.78 is 5.41. The standard InChI is InChI=1S/C24H31N3O4/c1-15-10-11-19-17(12-15)22(16-8-6-7-9-18(16)25-19)23(30)31-14-21(29)27(5)13-20(28)26-24(2,3)4/h6-9,15H,10-14H2,1-5H3,(H,26,28)/t15-/m0/s1. The lowest BCUT2D eigenvalue weighted by Crippen LogP contribution is -2.46. The van der Waals surface area contributed by atoms with E-state index in [4.69, 9.17) is 9.72 Å². The summed E-state index contributed by atoms with van der Waals surface area (Å²) in [6, 6.07) is 7.51. The van der Waals surface area contributed by atoms with Crippen LogP contribution in [0.4, 0.5) is 0 Å². The van der Waals surface area contributed by atoms with Gasteiger partial charge in [0.15, 0.2) is 6.61 Å². The first-order valence-electron chi connectivity index (χ1n) is 10.7. The van der Waals surface area contributed by atoms with E-state index < -0.39 is 18.5 Å². The van der Waals surface area contributed by atoms with Gasteiger partial charge in [-0.3, -0.25) is 14.6 Å². The molecule has 0 fully saturated rings. The fourth-order valence-corrected chi connectivity index (χ4v) is 3.87. The second-order valence-corrected chi connectivity index (χ2v) is 9.40. The summed E-state index contributed by atoms with van der Waals surface area (Å²) in [5.74, 6) is -0.767. The van der Waals surface area contributed by atoms with E-state index in [0.717, 1.165) is 41.4 Å². The zero-order chi connectivity index (χ0) is 22.8. The van der Waals surface area contributed by atoms with E-state index in [0.29, 0.717) is 11.5 Å². The Bertz CT molecular complexity index is 1010. The molecular weight excluding hydrogens is 394 g/mol. The maximum absolute atomic E-state index is 13.1. The van der Waals surface area contributed by atoms with Crippen molar-refractivity contribution in [2.24, 2.45) is 5.92 Å². The summed E-state index contributed by atoms with van der Waals surface area (Å²) in [4.78, 5) is 43.6. The molecule has 7 nitrogen and oxygen atoms in total. The molecule has 1 aliphatic rings. The lowest BCUT2D eigenvalue weighted by atomic mass is 9.84. The fraction of sp³-hybridized carbons (Fsp3) is 0.500. The minimum absolute atomic E-state index is 0.0985. The van der Waals surface area contributed by atoms with Gasteiger partial charge in [-0.05, 0) is 57.6 Å². The molecule has 7 heteroatoms. The van der Waals surface area contributed by atoms with Crippen LogP contribution >= 0.6 is 0 Å². The number of pyridine rings is 1. The van der Waals surface area contributed by atoms with Crippen LogP contribution in [0.1, 0.15) is 55.7 Å². The highest BCUT2D eigenvalue weighted by molar-refractivity contribution is 6.05. The summed E-state index contributed by atoms with van der Waals surface area (Å²) in [7, 11) is 1.52. The average molecular weight is 426 g/mol. The summed E-state index contributed by atoms with van der Waals surface area (Å²) in [6.45, 7) is 7.26. The molecule has 1 aromatic heterocycles. The predicted molar refractivity (Wildman–Crippen MR) is 119 cm³/mol. The molecule has 0 saturated carbocycles. The number of hydrogen-bond donors (Lipinski definition) is 1. The zero-order valence-electron chi connectivity index (χ0n) is 18.9. The van der Waals surface area contributed by atoms with E-state index in [2.05, 4.69) is 12.2 Å². The Morgan fingerprint density at radius 1 is 1.23 bits per heavy atom. The number of esters is 1. The molecule has 31 heavy (non-hydrogen) atoms. The van der Waals surface area contributed by atoms with E-state index in [-0.39, 0.29) is 18.0 Å². The first-order chi connectivity index (χ1) is 14.5. The smallest absolute Gasteiger partial charge is 0.339 e. The van der Waals surface area contributed by atoms with Crippen molar-refractivity contribution in [3.05, 3.63) is 41.1 Å². The number of nitrogens with zero attached hydrogens (tertiary/aromatic N) is 2. The number of para-hydroxylation sites is 1. The molecule has 1 aliphatic carbocycles. The van der Waals surface area contributed by atoms with Gasteiger partial charge in [0.1, 0.15) is 0 Å². The van der Waals surface area contributed by atoms with E-state index in [1.165, 1.54) is 11.9 Å². The minimum Gasteiger partial charge on any atom is -0.452 e. The highest BCUT2D eigenvalue weighted by atomic mass is 16.5. The van der Waals surface area contributed by atoms with Gasteiger partial charge in [0.2, 0.25) is 5.91 Å². The van der Waals surface area contributed by atoms with Crippen molar-refractivity contribution in [1.29, 1.82) is 0 Å². The molecule has 1 N–H and O–H groups in total. The van der Waals surface area contributed by atoms with Crippen molar-refractivity contribution >= 4 is 28.7 Å². The lowest BCUT2D eigenvalue weighted by molar-refractivity contribution is -0.137. The van der Waals surface area contributed by atoms with Crippen LogP contribution in [-0.4, -0.2) is 53.4 Å². The number of fused-ring (bicyclic) bond motifs is 2. The van der Waals surface area contributed by atoms with Gasteiger partial charge >= 0.3 is 5.97 Å². The largest absolute Gasteiger partial charge is 0.452 e. The number of carbonyl (C=O) groups is 3. The molecule has 0 aliphatic heterocycles. The summed E-state index contributed by atoms with van der Waals surface area (Å²) in [5, 5.41) is 3.55. The van der Waals surface area contributed by atoms with Gasteiger partial charge in [-0.25, -0.2) is 4.79 Å². The number of likely N-dealkylation sites (N-methyl/N-ethyl adjacent to an activating group) is 1. The van der Waals surface area contributed by atoms with Crippen LogP contribution in [0, 0.1) is 5.92 Å². The normalized spacial score (nSPS) is 15.8. The third-order valence-corrected chi connectivity index (χ3v) is 5.36. The second kappa shape index (κ2) is 9.04. The molecule has 0 radical (unpaired) electrons. The molecule has 0 spiro atoms. The molecule has 1 aromatic carbocycles. The second-order valence-electron chi connectivity index (χ2n) is 9.40. The van der Waals surface area contributed by atoms with Crippen LogP contribution in [0.15, 0.2) is 24.3 Å². The maximum atomic E-state index is 13.1. The third-order valence-electron chi connectivity index (χ3n) is 5.36. The molecular formula is C24H31N3O4. The van der Waals surface area contributed by atoms with Crippen LogP contribution in [0.3, 0.4) is 0 Å². The molecule has 2 aromatic rings. The lowest BCUT2D eigenvalue weighted by Gasteiger charge is -2.24. The van der Waals surface area contributed by atoms with Crippen molar-refractivity contribution in [3.8, 4) is 0 Å². The molecule has 2 amide bonds. The number of benzene rings is 1. The van der Waals surface area contributed by atoms with Gasteiger partial charge in [0.25, 0.3) is 5.91 Å². The summed E-state index contributed by atoms with van der Waals surface area (Å²) in [5.41, 5.74) is 2.74. The van der Waals surface area contributed by atoms with Crippen molar-refractivity contribution in [1.82, 2.24) is 15.2 Å². The van der Waals surface area contributed by atoms with E-state index in [1.807, 2.05) is 45.0 Å². The van der Waals surface area contributed by atoms with Gasteiger partial charge in [0, 0.05) is 23.7 Å². The van der Waals surface area contributed by atoms with Crippen molar-refractivity contribution in [2.45, 2.75) is 52.5 Å². The van der Waals surface area contributed by atoms with Crippen molar-refractivity contribution in [3.63, 3.8) is 0 Å². The first kappa shape index (κ1) is 22.7. The van der Waals surface area contributed by atoms with Gasteiger partial charge in [-0.15, -0.1) is 0 Å². The molecule has 166 valence electrons. The number of carbonyl (C=O) groups excluding carboxylic acids is 3. The van der Waals surface area contributed by atoms with Crippen LogP contribution < -0.4 is 5.32 Å². The van der Waals surface area contributed by atoms with Crippen molar-refractivity contribution in [2.75, 3.05) is 20.2 Å². The van der Waals surface area contributed by atoms with E-state index in [1.54, 1.807) is 0 Å². The van der Waals surface area contributed by atoms with E-state index >= 15 is 0 Å². The van der Waals surface area contributed by atoms with Gasteiger partial charge < -0.3 is 15.0 Å². The van der Waals surface area contributed by atoms with E-state index in [9.17, 15) is 14.4 Å². The SMILES string of the molecule is C[C@H]1CCc2nc3ccccc3c(C(=O)OCC(=O)N(C)CC(=O)NC(C)(C)C)c2C1. The number of rotatable bonds is 5. The zero-order valence-corrected chi connectivity index (χ0v) is 18.9. The molecule has 3 rings (SSSR count). The van der Waals surface area contributed by atoms with Crippen LogP contribution in [0.25, 0.3) is 10.9 Å². The van der Waals surface area contributed by atoms with Gasteiger partial charge in [-0.2, -0.15) is 0 Å². The number of aromatic nitrogens is 1. The number of nitrogens with one attached hydrogen (secondary N) is 1. The highest BCUT2D eigenvalue weighted by Crippen LogP contribution is 2.32. The van der Waals surface area contributed by atoms with Gasteiger partial charge in [0.05, 0.1) is 17.6 Å². The Balaban J connectivity index is 1.74. The summed E-state index contributed by atoms with van der Waals surface area (Å²) in [6.07, 6.45) is 2.62. The molecule has 0 saturated heterocycles. The topological polar surface area (TPSA) is 88.6 Å². The average Bonchev–Trinajstić information content (AvgIpc) is 2.68. The Labute approximate surface area is 183 Å². The van der Waals surface area contributed by atoms with Crippen molar-refractivity contribution < 1.29 is 19.1 Å². The quantitative estimate of drug-likeness (QED) is 0.744. The monoisotopic (exact) mass is 425 g/mol.